The van der Waals surface area contributed by atoms with Crippen LogP contribution < -0.4 is 5.32 Å². The van der Waals surface area contributed by atoms with E-state index in [1.807, 2.05) is 6.92 Å². The van der Waals surface area contributed by atoms with E-state index in [0.29, 0.717) is 12.2 Å². The number of nitrogens with one attached hydrogen (secondary N) is 1. The molecule has 0 aromatic carbocycles. The van der Waals surface area contributed by atoms with Gasteiger partial charge >= 0.3 is 0 Å². The zero-order chi connectivity index (χ0) is 21.6. The van der Waals surface area contributed by atoms with Crippen molar-refractivity contribution in [2.75, 3.05) is 7.11 Å². The molecule has 1 aliphatic rings. The maximum atomic E-state index is 13.2. The SMILES string of the molecule is CCC(=O)N[C@H](C[C@H](C)C(Cl)Cl)C(=O)N1C(=O)C=C(OC)[C@@H]1C[C@H](C)C(Cl)Cl. The fourth-order valence-electron chi connectivity index (χ4n) is 2.86. The maximum absolute atomic E-state index is 13.2. The summed E-state index contributed by atoms with van der Waals surface area (Å²) < 4.78 is 5.29. The van der Waals surface area contributed by atoms with Gasteiger partial charge in [-0.1, -0.05) is 20.8 Å². The summed E-state index contributed by atoms with van der Waals surface area (Å²) in [5.41, 5.74) is 0. The molecule has 160 valence electrons. The van der Waals surface area contributed by atoms with Gasteiger partial charge in [-0.15, -0.1) is 46.4 Å². The highest BCUT2D eigenvalue weighted by molar-refractivity contribution is 6.44. The second-order valence-electron chi connectivity index (χ2n) is 6.88. The van der Waals surface area contributed by atoms with E-state index in [1.54, 1.807) is 13.8 Å². The Hall–Kier alpha value is -0.690. The number of hydrogen-bond acceptors (Lipinski definition) is 4. The number of ether oxygens (including phenoxy) is 1. The maximum Gasteiger partial charge on any atom is 0.257 e. The first-order chi connectivity index (χ1) is 13.0. The summed E-state index contributed by atoms with van der Waals surface area (Å²) in [7, 11) is 1.42. The summed E-state index contributed by atoms with van der Waals surface area (Å²) in [6, 6.07) is -1.60. The van der Waals surface area contributed by atoms with Crippen LogP contribution in [0.25, 0.3) is 0 Å². The van der Waals surface area contributed by atoms with Crippen molar-refractivity contribution in [1.82, 2.24) is 10.2 Å². The summed E-state index contributed by atoms with van der Waals surface area (Å²) in [6.07, 6.45) is 1.97. The van der Waals surface area contributed by atoms with Gasteiger partial charge in [0.15, 0.2) is 0 Å². The second-order valence-corrected chi connectivity index (χ2v) is 9.21. The lowest BCUT2D eigenvalue weighted by Crippen LogP contribution is -2.53. The molecule has 0 bridgehead atoms. The molecule has 0 aromatic heterocycles. The van der Waals surface area contributed by atoms with Crippen LogP contribution >= 0.6 is 46.4 Å². The van der Waals surface area contributed by atoms with Crippen molar-refractivity contribution < 1.29 is 19.1 Å². The summed E-state index contributed by atoms with van der Waals surface area (Å²) in [5.74, 6) is -1.52. The molecule has 3 amide bonds. The van der Waals surface area contributed by atoms with E-state index in [2.05, 4.69) is 5.32 Å². The van der Waals surface area contributed by atoms with Gasteiger partial charge in [-0.2, -0.15) is 0 Å². The average Bonchev–Trinajstić information content (AvgIpc) is 2.95. The molecule has 28 heavy (non-hydrogen) atoms. The topological polar surface area (TPSA) is 75.7 Å². The first kappa shape index (κ1) is 25.3. The molecule has 10 heteroatoms. The molecule has 6 nitrogen and oxygen atoms in total. The van der Waals surface area contributed by atoms with Crippen LogP contribution in [0, 0.1) is 11.8 Å². The summed E-state index contributed by atoms with van der Waals surface area (Å²) in [4.78, 5) is 37.4. The van der Waals surface area contributed by atoms with Crippen molar-refractivity contribution in [3.8, 4) is 0 Å². The van der Waals surface area contributed by atoms with E-state index in [-0.39, 0.29) is 30.6 Å². The standard InChI is InChI=1S/C18H26Cl4N2O4/c1-5-14(25)23-11(6-9(2)16(19)20)18(27)24-12(7-10(3)17(21)22)13(28-4)8-15(24)26/h8-12,16-17H,5-7H2,1-4H3,(H,23,25)/t9-,10-,11+,12-/m0/s1. The van der Waals surface area contributed by atoms with Gasteiger partial charge in [-0.05, 0) is 24.7 Å². The van der Waals surface area contributed by atoms with Gasteiger partial charge in [-0.25, -0.2) is 0 Å². The molecule has 1 N–H and O–H groups in total. The molecule has 0 saturated carbocycles. The highest BCUT2D eigenvalue weighted by Gasteiger charge is 2.42. The molecule has 0 saturated heterocycles. The lowest BCUT2D eigenvalue weighted by Gasteiger charge is -2.31. The van der Waals surface area contributed by atoms with E-state index in [9.17, 15) is 14.4 Å². The third-order valence-corrected chi connectivity index (χ3v) is 6.35. The zero-order valence-electron chi connectivity index (χ0n) is 16.3. The van der Waals surface area contributed by atoms with Crippen LogP contribution in [-0.2, 0) is 19.1 Å². The fourth-order valence-corrected chi connectivity index (χ4v) is 3.27. The monoisotopic (exact) mass is 474 g/mol. The number of methoxy groups -OCH3 is 1. The Morgan fingerprint density at radius 1 is 1.18 bits per heavy atom. The third kappa shape index (κ3) is 6.68. The largest absolute Gasteiger partial charge is 0.499 e. The van der Waals surface area contributed by atoms with E-state index in [4.69, 9.17) is 51.1 Å². The van der Waals surface area contributed by atoms with Crippen LogP contribution in [0.15, 0.2) is 11.8 Å². The zero-order valence-corrected chi connectivity index (χ0v) is 19.3. The Morgan fingerprint density at radius 3 is 2.21 bits per heavy atom. The van der Waals surface area contributed by atoms with Crippen molar-refractivity contribution >= 4 is 64.1 Å². The van der Waals surface area contributed by atoms with Gasteiger partial charge in [0, 0.05) is 12.5 Å². The molecule has 0 aliphatic carbocycles. The molecule has 1 aliphatic heterocycles. The number of alkyl halides is 4. The summed E-state index contributed by atoms with van der Waals surface area (Å²) >= 11 is 23.7. The van der Waals surface area contributed by atoms with Crippen LogP contribution in [0.3, 0.4) is 0 Å². The molecular formula is C18H26Cl4N2O4. The number of carbonyl (C=O) groups is 3. The van der Waals surface area contributed by atoms with E-state index in [0.717, 1.165) is 4.90 Å². The lowest BCUT2D eigenvalue weighted by molar-refractivity contribution is -0.146. The smallest absolute Gasteiger partial charge is 0.257 e. The molecule has 0 radical (unpaired) electrons. The van der Waals surface area contributed by atoms with Crippen LogP contribution in [-0.4, -0.2) is 51.5 Å². The van der Waals surface area contributed by atoms with Crippen LogP contribution in [0.4, 0.5) is 0 Å². The highest BCUT2D eigenvalue weighted by atomic mass is 35.5. The number of nitrogens with zero attached hydrogens (tertiary/aromatic N) is 1. The third-order valence-electron chi connectivity index (χ3n) is 4.63. The molecule has 1 rings (SSSR count). The first-order valence-electron chi connectivity index (χ1n) is 9.01. The van der Waals surface area contributed by atoms with Gasteiger partial charge in [0.1, 0.15) is 21.5 Å². The van der Waals surface area contributed by atoms with E-state index in [1.165, 1.54) is 13.2 Å². The van der Waals surface area contributed by atoms with Crippen molar-refractivity contribution in [3.05, 3.63) is 11.8 Å². The first-order valence-corrected chi connectivity index (χ1v) is 10.8. The average molecular weight is 476 g/mol. The van der Waals surface area contributed by atoms with Crippen molar-refractivity contribution in [2.24, 2.45) is 11.8 Å². The number of imide groups is 1. The fraction of sp³-hybridized carbons (Fsp3) is 0.722. The summed E-state index contributed by atoms with van der Waals surface area (Å²) in [6.45, 7) is 5.25. The molecule has 1 heterocycles. The Morgan fingerprint density at radius 2 is 1.75 bits per heavy atom. The van der Waals surface area contributed by atoms with Gasteiger partial charge in [-0.3, -0.25) is 19.3 Å². The molecule has 0 fully saturated rings. The predicted octanol–water partition coefficient (Wildman–Crippen LogP) is 3.81. The predicted molar refractivity (Wildman–Crippen MR) is 112 cm³/mol. The molecule has 4 atom stereocenters. The Labute approximate surface area is 185 Å². The normalized spacial score (nSPS) is 20.2. The Bertz CT molecular complexity index is 612. The second kappa shape index (κ2) is 11.5. The Kier molecular flexibility index (Phi) is 10.4. The molecule has 0 spiro atoms. The molecular weight excluding hydrogens is 450 g/mol. The van der Waals surface area contributed by atoms with Gasteiger partial charge in [0.25, 0.3) is 11.8 Å². The minimum Gasteiger partial charge on any atom is -0.499 e. The van der Waals surface area contributed by atoms with Crippen LogP contribution in [0.1, 0.15) is 40.0 Å². The van der Waals surface area contributed by atoms with Gasteiger partial charge in [0.05, 0.1) is 13.2 Å². The Balaban J connectivity index is 3.14. The lowest BCUT2D eigenvalue weighted by atomic mass is 9.99. The van der Waals surface area contributed by atoms with Crippen LogP contribution in [0.5, 0.6) is 0 Å². The number of hydrogen-bond donors (Lipinski definition) is 1. The van der Waals surface area contributed by atoms with Crippen molar-refractivity contribution in [1.29, 1.82) is 0 Å². The quantitative estimate of drug-likeness (QED) is 0.487. The van der Waals surface area contributed by atoms with Crippen molar-refractivity contribution in [2.45, 2.75) is 61.8 Å². The number of amides is 3. The summed E-state index contributed by atoms with van der Waals surface area (Å²) in [5, 5.41) is 2.66. The van der Waals surface area contributed by atoms with Gasteiger partial charge < -0.3 is 10.1 Å². The highest BCUT2D eigenvalue weighted by Crippen LogP contribution is 2.31. The molecule has 0 unspecified atom stereocenters. The number of carbonyl (C=O) groups excluding carboxylic acids is 3. The minimum absolute atomic E-state index is 0.185. The molecule has 0 aromatic rings. The number of halogens is 4. The van der Waals surface area contributed by atoms with E-state index < -0.39 is 33.6 Å². The van der Waals surface area contributed by atoms with Crippen LogP contribution in [0.2, 0.25) is 0 Å². The minimum atomic E-state index is -0.948. The number of rotatable bonds is 10. The van der Waals surface area contributed by atoms with Gasteiger partial charge in [0.2, 0.25) is 5.91 Å². The van der Waals surface area contributed by atoms with E-state index >= 15 is 0 Å². The van der Waals surface area contributed by atoms with Crippen molar-refractivity contribution in [3.63, 3.8) is 0 Å².